The first kappa shape index (κ1) is 16.4. The second-order valence-electron chi connectivity index (χ2n) is 6.55. The van der Waals surface area contributed by atoms with Gasteiger partial charge in [0.25, 0.3) is 0 Å². The van der Waals surface area contributed by atoms with E-state index in [2.05, 4.69) is 22.0 Å². The Balaban J connectivity index is 1.68. The second-order valence-corrected chi connectivity index (χ2v) is 8.26. The number of carbonyl (C=O) groups excluding carboxylic acids is 1. The van der Waals surface area contributed by atoms with Crippen molar-refractivity contribution in [2.24, 2.45) is 0 Å². The van der Waals surface area contributed by atoms with E-state index in [4.69, 9.17) is 0 Å². The molecule has 0 spiro atoms. The SMILES string of the molecule is CC(=O)Nc1ccc(S(=O)(=O)NC2C[C@@H]3CC[C@@H](C2)N3C)cc1. The molecule has 2 aliphatic rings. The number of piperidine rings is 1. The second kappa shape index (κ2) is 6.22. The van der Waals surface area contributed by atoms with Crippen LogP contribution in [0.1, 0.15) is 32.6 Å². The average Bonchev–Trinajstić information content (AvgIpc) is 2.70. The van der Waals surface area contributed by atoms with E-state index in [0.29, 0.717) is 17.8 Å². The molecule has 2 bridgehead atoms. The Morgan fingerprint density at radius 1 is 1.13 bits per heavy atom. The number of hydrogen-bond acceptors (Lipinski definition) is 4. The zero-order chi connectivity index (χ0) is 16.6. The lowest BCUT2D eigenvalue weighted by molar-refractivity contribution is -0.114. The first-order chi connectivity index (χ1) is 10.8. The topological polar surface area (TPSA) is 78.5 Å². The van der Waals surface area contributed by atoms with Gasteiger partial charge in [0.15, 0.2) is 0 Å². The molecule has 0 unspecified atom stereocenters. The van der Waals surface area contributed by atoms with Crippen LogP contribution in [0.2, 0.25) is 0 Å². The number of benzene rings is 1. The lowest BCUT2D eigenvalue weighted by Gasteiger charge is -2.36. The van der Waals surface area contributed by atoms with Crippen LogP contribution in [0.25, 0.3) is 0 Å². The Labute approximate surface area is 137 Å². The zero-order valence-corrected chi connectivity index (χ0v) is 14.3. The van der Waals surface area contributed by atoms with Crippen LogP contribution in [-0.2, 0) is 14.8 Å². The van der Waals surface area contributed by atoms with Gasteiger partial charge in [0, 0.05) is 30.7 Å². The smallest absolute Gasteiger partial charge is 0.240 e. The number of nitrogens with one attached hydrogen (secondary N) is 2. The lowest BCUT2D eigenvalue weighted by Crippen LogP contribution is -2.48. The van der Waals surface area contributed by atoms with Crippen LogP contribution in [0.15, 0.2) is 29.2 Å². The minimum absolute atomic E-state index is 0.00345. The summed E-state index contributed by atoms with van der Waals surface area (Å²) in [5.41, 5.74) is 0.591. The predicted molar refractivity (Wildman–Crippen MR) is 88.7 cm³/mol. The van der Waals surface area contributed by atoms with Crippen molar-refractivity contribution >= 4 is 21.6 Å². The van der Waals surface area contributed by atoms with Gasteiger partial charge in [0.2, 0.25) is 15.9 Å². The van der Waals surface area contributed by atoms with Crippen LogP contribution in [0, 0.1) is 0 Å². The van der Waals surface area contributed by atoms with Crippen LogP contribution in [0.5, 0.6) is 0 Å². The maximum absolute atomic E-state index is 12.5. The fourth-order valence-corrected chi connectivity index (χ4v) is 4.98. The van der Waals surface area contributed by atoms with Crippen molar-refractivity contribution in [2.75, 3.05) is 12.4 Å². The van der Waals surface area contributed by atoms with Crippen molar-refractivity contribution in [3.05, 3.63) is 24.3 Å². The molecule has 126 valence electrons. The highest BCUT2D eigenvalue weighted by Gasteiger charge is 2.39. The molecule has 2 aliphatic heterocycles. The summed E-state index contributed by atoms with van der Waals surface area (Å²) >= 11 is 0. The molecule has 23 heavy (non-hydrogen) atoms. The summed E-state index contributed by atoms with van der Waals surface area (Å²) in [6, 6.07) is 7.24. The predicted octanol–water partition coefficient (Wildman–Crippen LogP) is 1.55. The van der Waals surface area contributed by atoms with E-state index in [1.54, 1.807) is 12.1 Å². The fraction of sp³-hybridized carbons (Fsp3) is 0.562. The minimum atomic E-state index is -3.52. The van der Waals surface area contributed by atoms with Crippen LogP contribution in [0.4, 0.5) is 5.69 Å². The Kier molecular flexibility index (Phi) is 4.44. The van der Waals surface area contributed by atoms with Crippen LogP contribution < -0.4 is 10.0 Å². The highest BCUT2D eigenvalue weighted by atomic mass is 32.2. The molecule has 7 heteroatoms. The third-order valence-electron chi connectivity index (χ3n) is 4.91. The molecule has 1 aromatic rings. The number of anilines is 1. The lowest BCUT2D eigenvalue weighted by atomic mass is 9.99. The average molecular weight is 337 g/mol. The molecular formula is C16H23N3O3S. The van der Waals surface area contributed by atoms with Gasteiger partial charge in [-0.1, -0.05) is 0 Å². The summed E-state index contributed by atoms with van der Waals surface area (Å²) < 4.78 is 27.9. The molecule has 2 saturated heterocycles. The molecule has 2 fully saturated rings. The molecule has 0 aliphatic carbocycles. The standard InChI is InChI=1S/C16H23N3O3S/c1-11(20)17-12-3-7-16(8-4-12)23(21,22)18-13-9-14-5-6-15(10-13)19(14)2/h3-4,7-8,13-15,18H,5-6,9-10H2,1-2H3,(H,17,20)/t14-,15-/m0/s1. The van der Waals surface area contributed by atoms with E-state index < -0.39 is 10.0 Å². The number of hydrogen-bond donors (Lipinski definition) is 2. The molecule has 2 N–H and O–H groups in total. The van der Waals surface area contributed by atoms with E-state index in [1.807, 2.05) is 0 Å². The minimum Gasteiger partial charge on any atom is -0.326 e. The van der Waals surface area contributed by atoms with Gasteiger partial charge in [-0.15, -0.1) is 0 Å². The Morgan fingerprint density at radius 2 is 1.70 bits per heavy atom. The summed E-state index contributed by atoms with van der Waals surface area (Å²) in [6.45, 7) is 1.42. The summed E-state index contributed by atoms with van der Waals surface area (Å²) in [5.74, 6) is -0.180. The molecule has 0 saturated carbocycles. The quantitative estimate of drug-likeness (QED) is 0.874. The third kappa shape index (κ3) is 3.57. The van der Waals surface area contributed by atoms with E-state index >= 15 is 0 Å². The highest BCUT2D eigenvalue weighted by Crippen LogP contribution is 2.34. The number of rotatable bonds is 4. The molecule has 1 aromatic carbocycles. The van der Waals surface area contributed by atoms with Crippen molar-refractivity contribution in [3.8, 4) is 0 Å². The van der Waals surface area contributed by atoms with Gasteiger partial charge >= 0.3 is 0 Å². The van der Waals surface area contributed by atoms with Gasteiger partial charge in [-0.25, -0.2) is 13.1 Å². The van der Waals surface area contributed by atoms with Crippen molar-refractivity contribution in [1.82, 2.24) is 9.62 Å². The first-order valence-corrected chi connectivity index (χ1v) is 9.45. The van der Waals surface area contributed by atoms with Gasteiger partial charge in [-0.3, -0.25) is 4.79 Å². The van der Waals surface area contributed by atoms with E-state index in [-0.39, 0.29) is 16.8 Å². The van der Waals surface area contributed by atoms with Gasteiger partial charge < -0.3 is 10.2 Å². The highest BCUT2D eigenvalue weighted by molar-refractivity contribution is 7.89. The van der Waals surface area contributed by atoms with Crippen molar-refractivity contribution in [3.63, 3.8) is 0 Å². The normalized spacial score (nSPS) is 27.8. The fourth-order valence-electron chi connectivity index (χ4n) is 3.72. The van der Waals surface area contributed by atoms with Crippen LogP contribution in [0.3, 0.4) is 0 Å². The first-order valence-electron chi connectivity index (χ1n) is 7.97. The summed E-state index contributed by atoms with van der Waals surface area (Å²) in [6.07, 6.45) is 4.06. The molecular weight excluding hydrogens is 314 g/mol. The van der Waals surface area contributed by atoms with Crippen LogP contribution >= 0.6 is 0 Å². The molecule has 1 amide bonds. The summed E-state index contributed by atoms with van der Waals surface area (Å²) in [4.78, 5) is 13.6. The van der Waals surface area contributed by atoms with Crippen molar-refractivity contribution < 1.29 is 13.2 Å². The number of amides is 1. The number of sulfonamides is 1. The van der Waals surface area contributed by atoms with Crippen molar-refractivity contribution in [2.45, 2.75) is 55.6 Å². The van der Waals surface area contributed by atoms with Crippen molar-refractivity contribution in [1.29, 1.82) is 0 Å². The third-order valence-corrected chi connectivity index (χ3v) is 6.44. The van der Waals surface area contributed by atoms with Gasteiger partial charge in [0.05, 0.1) is 4.90 Å². The monoisotopic (exact) mass is 337 g/mol. The summed E-state index contributed by atoms with van der Waals surface area (Å²) in [5, 5.41) is 2.63. The molecule has 3 rings (SSSR count). The Bertz CT molecular complexity index is 673. The Morgan fingerprint density at radius 3 is 2.22 bits per heavy atom. The molecule has 0 radical (unpaired) electrons. The zero-order valence-electron chi connectivity index (χ0n) is 13.5. The largest absolute Gasteiger partial charge is 0.326 e. The molecule has 0 aromatic heterocycles. The maximum Gasteiger partial charge on any atom is 0.240 e. The van der Waals surface area contributed by atoms with Gasteiger partial charge in [-0.2, -0.15) is 0 Å². The van der Waals surface area contributed by atoms with E-state index in [0.717, 1.165) is 25.7 Å². The summed E-state index contributed by atoms with van der Waals surface area (Å²) in [7, 11) is -1.39. The maximum atomic E-state index is 12.5. The molecule has 6 nitrogen and oxygen atoms in total. The molecule has 2 atom stereocenters. The number of fused-ring (bicyclic) bond motifs is 2. The Hall–Kier alpha value is -1.44. The van der Waals surface area contributed by atoms with Gasteiger partial charge in [-0.05, 0) is 57.0 Å². The van der Waals surface area contributed by atoms with Gasteiger partial charge in [0.1, 0.15) is 0 Å². The number of nitrogens with zero attached hydrogens (tertiary/aromatic N) is 1. The van der Waals surface area contributed by atoms with E-state index in [1.165, 1.54) is 19.1 Å². The van der Waals surface area contributed by atoms with E-state index in [9.17, 15) is 13.2 Å². The van der Waals surface area contributed by atoms with Crippen LogP contribution in [-0.4, -0.2) is 44.4 Å². The molecule has 2 heterocycles. The number of carbonyl (C=O) groups is 1.